The van der Waals surface area contributed by atoms with E-state index in [4.69, 9.17) is 4.55 Å². The van der Waals surface area contributed by atoms with Crippen LogP contribution in [0.5, 0.6) is 0 Å². The van der Waals surface area contributed by atoms with Gasteiger partial charge in [-0.15, -0.1) is 0 Å². The largest absolute Gasteiger partial charge is 0.294 e. The van der Waals surface area contributed by atoms with E-state index in [2.05, 4.69) is 20.8 Å². The lowest BCUT2D eigenvalue weighted by atomic mass is 9.90. The van der Waals surface area contributed by atoms with Crippen LogP contribution in [-0.2, 0) is 10.1 Å². The van der Waals surface area contributed by atoms with Crippen molar-refractivity contribution < 1.29 is 13.0 Å². The summed E-state index contributed by atoms with van der Waals surface area (Å²) in [5, 5.41) is 0. The molecule has 150 valence electrons. The normalized spacial score (nSPS) is 14.3. The van der Waals surface area contributed by atoms with Gasteiger partial charge < -0.3 is 0 Å². The van der Waals surface area contributed by atoms with E-state index in [1.54, 1.807) is 0 Å². The first kappa shape index (κ1) is 23.2. The summed E-state index contributed by atoms with van der Waals surface area (Å²) in [5.41, 5.74) is 1.14. The van der Waals surface area contributed by atoms with Crippen molar-refractivity contribution in [2.75, 3.05) is 0 Å². The van der Waals surface area contributed by atoms with Crippen molar-refractivity contribution in [2.45, 2.75) is 102 Å². The topological polar surface area (TPSA) is 54.4 Å². The molecule has 3 nitrogen and oxygen atoms in total. The Bertz CT molecular complexity index is 578. The molecule has 2 unspecified atom stereocenters. The minimum absolute atomic E-state index is 0.0310. The zero-order chi connectivity index (χ0) is 19.4. The summed E-state index contributed by atoms with van der Waals surface area (Å²) >= 11 is 0. The highest BCUT2D eigenvalue weighted by atomic mass is 32.2. The van der Waals surface area contributed by atoms with Crippen LogP contribution in [0.2, 0.25) is 0 Å². The molecule has 0 saturated carbocycles. The SMILES string of the molecule is CCCCCCCCCCC(C)CCC(C)c1ccc(S(=O)(=O)O)cc1. The fraction of sp³-hybridized carbons (Fsp3) is 0.727. The van der Waals surface area contributed by atoms with E-state index in [-0.39, 0.29) is 4.90 Å². The molecular weight excluding hydrogens is 344 g/mol. The Kier molecular flexibility index (Phi) is 11.1. The van der Waals surface area contributed by atoms with Gasteiger partial charge in [0.15, 0.2) is 0 Å². The molecule has 4 heteroatoms. The molecule has 0 aliphatic carbocycles. The summed E-state index contributed by atoms with van der Waals surface area (Å²) < 4.78 is 31.2. The van der Waals surface area contributed by atoms with Crippen molar-refractivity contribution in [2.24, 2.45) is 5.92 Å². The molecule has 0 amide bonds. The predicted molar refractivity (Wildman–Crippen MR) is 110 cm³/mol. The van der Waals surface area contributed by atoms with Crippen LogP contribution >= 0.6 is 0 Å². The van der Waals surface area contributed by atoms with Crippen LogP contribution in [0.25, 0.3) is 0 Å². The van der Waals surface area contributed by atoms with Crippen LogP contribution in [-0.4, -0.2) is 13.0 Å². The molecule has 1 N–H and O–H groups in total. The first-order chi connectivity index (χ1) is 12.3. The minimum Gasteiger partial charge on any atom is -0.282 e. The maximum atomic E-state index is 11.1. The standard InChI is InChI=1S/C22H38O3S/c1-4-5-6-7-8-9-10-11-12-19(2)13-14-20(3)21-15-17-22(18-16-21)26(23,24)25/h15-20H,4-14H2,1-3H3,(H,23,24,25). The van der Waals surface area contributed by atoms with Crippen molar-refractivity contribution in [3.05, 3.63) is 29.8 Å². The molecule has 0 heterocycles. The quantitative estimate of drug-likeness (QED) is 0.279. The van der Waals surface area contributed by atoms with Gasteiger partial charge in [0, 0.05) is 0 Å². The summed E-state index contributed by atoms with van der Waals surface area (Å²) in [4.78, 5) is -0.0310. The van der Waals surface area contributed by atoms with Crippen molar-refractivity contribution in [1.82, 2.24) is 0 Å². The van der Waals surface area contributed by atoms with Gasteiger partial charge in [0.2, 0.25) is 0 Å². The predicted octanol–water partition coefficient (Wildman–Crippen LogP) is 6.98. The van der Waals surface area contributed by atoms with Gasteiger partial charge in [-0.05, 0) is 36.0 Å². The average molecular weight is 383 g/mol. The third-order valence-electron chi connectivity index (χ3n) is 5.39. The second-order valence-electron chi connectivity index (χ2n) is 7.89. The summed E-state index contributed by atoms with van der Waals surface area (Å²) in [6, 6.07) is 6.62. The Balaban J connectivity index is 2.18. The molecule has 0 radical (unpaired) electrons. The van der Waals surface area contributed by atoms with Gasteiger partial charge in [-0.2, -0.15) is 8.42 Å². The molecule has 0 bridgehead atoms. The highest BCUT2D eigenvalue weighted by Crippen LogP contribution is 2.26. The Morgan fingerprint density at radius 3 is 1.88 bits per heavy atom. The van der Waals surface area contributed by atoms with Crippen molar-refractivity contribution >= 4 is 10.1 Å². The van der Waals surface area contributed by atoms with Gasteiger partial charge >= 0.3 is 0 Å². The first-order valence-electron chi connectivity index (χ1n) is 10.4. The van der Waals surface area contributed by atoms with E-state index in [1.165, 1.54) is 76.3 Å². The maximum absolute atomic E-state index is 11.1. The highest BCUT2D eigenvalue weighted by Gasteiger charge is 2.12. The first-order valence-corrected chi connectivity index (χ1v) is 11.9. The molecule has 26 heavy (non-hydrogen) atoms. The number of rotatable bonds is 14. The van der Waals surface area contributed by atoms with E-state index < -0.39 is 10.1 Å². The van der Waals surface area contributed by atoms with Crippen LogP contribution in [0, 0.1) is 5.92 Å². The Hall–Kier alpha value is -0.870. The van der Waals surface area contributed by atoms with Crippen LogP contribution in [0.1, 0.15) is 103 Å². The van der Waals surface area contributed by atoms with Crippen molar-refractivity contribution in [3.8, 4) is 0 Å². The second-order valence-corrected chi connectivity index (χ2v) is 9.31. The number of unbranched alkanes of at least 4 members (excludes halogenated alkanes) is 7. The molecule has 2 atom stereocenters. The Morgan fingerprint density at radius 2 is 1.35 bits per heavy atom. The molecule has 1 rings (SSSR count). The molecule has 0 aliphatic rings. The summed E-state index contributed by atoms with van der Waals surface area (Å²) in [7, 11) is -4.09. The second kappa shape index (κ2) is 12.5. The fourth-order valence-corrected chi connectivity index (χ4v) is 3.92. The number of hydrogen-bond acceptors (Lipinski definition) is 2. The number of hydrogen-bond donors (Lipinski definition) is 1. The molecule has 0 fully saturated rings. The molecule has 0 aliphatic heterocycles. The lowest BCUT2D eigenvalue weighted by molar-refractivity contribution is 0.428. The molecule has 0 aromatic heterocycles. The Morgan fingerprint density at radius 1 is 0.808 bits per heavy atom. The monoisotopic (exact) mass is 382 g/mol. The molecule has 1 aromatic carbocycles. The van der Waals surface area contributed by atoms with Gasteiger partial charge in [0.25, 0.3) is 10.1 Å². The molecular formula is C22H38O3S. The van der Waals surface area contributed by atoms with Gasteiger partial charge in [0.1, 0.15) is 0 Å². The molecule has 0 saturated heterocycles. The summed E-state index contributed by atoms with van der Waals surface area (Å²) in [5.74, 6) is 1.15. The van der Waals surface area contributed by atoms with E-state index in [0.29, 0.717) is 5.92 Å². The van der Waals surface area contributed by atoms with Gasteiger partial charge in [-0.3, -0.25) is 4.55 Å². The maximum Gasteiger partial charge on any atom is 0.294 e. The minimum atomic E-state index is -4.09. The van der Waals surface area contributed by atoms with Crippen molar-refractivity contribution in [3.63, 3.8) is 0 Å². The molecule has 1 aromatic rings. The van der Waals surface area contributed by atoms with Crippen LogP contribution in [0.3, 0.4) is 0 Å². The van der Waals surface area contributed by atoms with Crippen LogP contribution in [0.15, 0.2) is 29.2 Å². The van der Waals surface area contributed by atoms with Gasteiger partial charge in [-0.25, -0.2) is 0 Å². The molecule has 0 spiro atoms. The lowest BCUT2D eigenvalue weighted by Crippen LogP contribution is -2.02. The Labute approximate surface area is 161 Å². The fourth-order valence-electron chi connectivity index (χ4n) is 3.44. The summed E-state index contributed by atoms with van der Waals surface area (Å²) in [6.45, 7) is 6.79. The summed E-state index contributed by atoms with van der Waals surface area (Å²) in [6.07, 6.45) is 14.6. The zero-order valence-electron chi connectivity index (χ0n) is 16.9. The highest BCUT2D eigenvalue weighted by molar-refractivity contribution is 7.85. The van der Waals surface area contributed by atoms with Gasteiger partial charge in [0.05, 0.1) is 4.90 Å². The van der Waals surface area contributed by atoms with E-state index >= 15 is 0 Å². The van der Waals surface area contributed by atoms with E-state index in [1.807, 2.05) is 12.1 Å². The third kappa shape index (κ3) is 9.72. The van der Waals surface area contributed by atoms with Crippen molar-refractivity contribution in [1.29, 1.82) is 0 Å². The van der Waals surface area contributed by atoms with Gasteiger partial charge in [-0.1, -0.05) is 97.1 Å². The third-order valence-corrected chi connectivity index (χ3v) is 6.26. The van der Waals surface area contributed by atoms with E-state index in [9.17, 15) is 8.42 Å². The van der Waals surface area contributed by atoms with Crippen LogP contribution < -0.4 is 0 Å². The average Bonchev–Trinajstić information content (AvgIpc) is 2.61. The van der Waals surface area contributed by atoms with Crippen LogP contribution in [0.4, 0.5) is 0 Å². The lowest BCUT2D eigenvalue weighted by Gasteiger charge is -2.16. The zero-order valence-corrected chi connectivity index (χ0v) is 17.7. The number of benzene rings is 1. The smallest absolute Gasteiger partial charge is 0.282 e. The van der Waals surface area contributed by atoms with E-state index in [0.717, 1.165) is 17.9 Å².